The number of pyridine rings is 1. The molecule has 19 heavy (non-hydrogen) atoms. The van der Waals surface area contributed by atoms with Crippen molar-refractivity contribution in [3.8, 4) is 11.3 Å². The fraction of sp³-hybridized carbons (Fsp3) is 0.429. The Labute approximate surface area is 111 Å². The lowest BCUT2D eigenvalue weighted by Gasteiger charge is -2.32. The first kappa shape index (κ1) is 12.1. The summed E-state index contributed by atoms with van der Waals surface area (Å²) in [5, 5.41) is 4.49. The van der Waals surface area contributed by atoms with Crippen LogP contribution in [0.1, 0.15) is 19.8 Å². The molecule has 0 aromatic carbocycles. The van der Waals surface area contributed by atoms with Gasteiger partial charge in [0.25, 0.3) is 0 Å². The third-order valence-corrected chi connectivity index (χ3v) is 3.74. The quantitative estimate of drug-likeness (QED) is 0.863. The van der Waals surface area contributed by atoms with Gasteiger partial charge in [0.05, 0.1) is 5.69 Å². The third kappa shape index (κ3) is 2.45. The van der Waals surface area contributed by atoms with Crippen molar-refractivity contribution in [1.82, 2.24) is 14.8 Å². The molecule has 100 valence electrons. The van der Waals surface area contributed by atoms with E-state index in [-0.39, 0.29) is 0 Å². The van der Waals surface area contributed by atoms with Crippen molar-refractivity contribution < 1.29 is 4.39 Å². The summed E-state index contributed by atoms with van der Waals surface area (Å²) >= 11 is 0. The smallest absolute Gasteiger partial charge is 0.212 e. The molecule has 0 radical (unpaired) electrons. The summed E-state index contributed by atoms with van der Waals surface area (Å²) in [7, 11) is 0. The van der Waals surface area contributed by atoms with E-state index in [1.54, 1.807) is 6.07 Å². The zero-order chi connectivity index (χ0) is 13.4. The average Bonchev–Trinajstić information content (AvgIpc) is 2.70. The van der Waals surface area contributed by atoms with Crippen molar-refractivity contribution in [2.45, 2.75) is 26.3 Å². The molecule has 2 heterocycles. The van der Waals surface area contributed by atoms with E-state index in [0.717, 1.165) is 23.7 Å². The topological polar surface area (TPSA) is 56.7 Å². The first-order chi connectivity index (χ1) is 9.11. The second kappa shape index (κ2) is 4.64. The van der Waals surface area contributed by atoms with Crippen LogP contribution >= 0.6 is 0 Å². The van der Waals surface area contributed by atoms with Gasteiger partial charge >= 0.3 is 0 Å². The molecule has 4 nitrogen and oxygen atoms in total. The second-order valence-electron chi connectivity index (χ2n) is 5.45. The highest BCUT2D eigenvalue weighted by Gasteiger charge is 2.26. The Balaban J connectivity index is 1.78. The van der Waals surface area contributed by atoms with Gasteiger partial charge in [-0.25, -0.2) is 9.67 Å². The molecule has 2 aromatic rings. The van der Waals surface area contributed by atoms with Crippen LogP contribution in [-0.4, -0.2) is 14.8 Å². The van der Waals surface area contributed by atoms with Crippen LogP contribution < -0.4 is 5.73 Å². The van der Waals surface area contributed by atoms with Gasteiger partial charge in [0, 0.05) is 24.4 Å². The SMILES string of the molecule is CC1CC(Cn2nc(-c3ccc(F)nc3)cc2N)C1. The van der Waals surface area contributed by atoms with E-state index in [1.165, 1.54) is 25.1 Å². The van der Waals surface area contributed by atoms with Crippen LogP contribution in [0.5, 0.6) is 0 Å². The number of nitrogen functional groups attached to an aromatic ring is 1. The number of hydrogen-bond donors (Lipinski definition) is 1. The number of anilines is 1. The molecular weight excluding hydrogens is 243 g/mol. The summed E-state index contributed by atoms with van der Waals surface area (Å²) in [4.78, 5) is 3.64. The predicted molar refractivity (Wildman–Crippen MR) is 71.7 cm³/mol. The van der Waals surface area contributed by atoms with Crippen LogP contribution in [0.2, 0.25) is 0 Å². The van der Waals surface area contributed by atoms with Crippen molar-refractivity contribution >= 4 is 5.82 Å². The van der Waals surface area contributed by atoms with Gasteiger partial charge in [0.1, 0.15) is 5.82 Å². The highest BCUT2D eigenvalue weighted by Crippen LogP contribution is 2.34. The van der Waals surface area contributed by atoms with E-state index in [1.807, 2.05) is 10.7 Å². The molecule has 0 atom stereocenters. The van der Waals surface area contributed by atoms with Crippen LogP contribution in [-0.2, 0) is 6.54 Å². The molecule has 1 aliphatic rings. The molecular formula is C14H17FN4. The monoisotopic (exact) mass is 260 g/mol. The van der Waals surface area contributed by atoms with Crippen LogP contribution in [0.3, 0.4) is 0 Å². The minimum atomic E-state index is -0.486. The molecule has 0 amide bonds. The molecule has 0 saturated heterocycles. The summed E-state index contributed by atoms with van der Waals surface area (Å²) in [6, 6.07) is 4.81. The third-order valence-electron chi connectivity index (χ3n) is 3.74. The van der Waals surface area contributed by atoms with Gasteiger partial charge in [-0.2, -0.15) is 9.49 Å². The molecule has 0 aliphatic heterocycles. The molecule has 0 spiro atoms. The first-order valence-electron chi connectivity index (χ1n) is 6.57. The van der Waals surface area contributed by atoms with Crippen LogP contribution in [0.15, 0.2) is 24.4 Å². The summed E-state index contributed by atoms with van der Waals surface area (Å²) in [5.74, 6) is 1.66. The maximum Gasteiger partial charge on any atom is 0.212 e. The van der Waals surface area contributed by atoms with Gasteiger partial charge in [-0.05, 0) is 36.8 Å². The number of rotatable bonds is 3. The van der Waals surface area contributed by atoms with Gasteiger partial charge in [-0.3, -0.25) is 0 Å². The number of nitrogens with two attached hydrogens (primary N) is 1. The minimum absolute atomic E-state index is 0.486. The first-order valence-corrected chi connectivity index (χ1v) is 6.57. The molecule has 1 aliphatic carbocycles. The Morgan fingerprint density at radius 2 is 2.21 bits per heavy atom. The van der Waals surface area contributed by atoms with E-state index in [2.05, 4.69) is 17.0 Å². The summed E-state index contributed by atoms with van der Waals surface area (Å²) in [5.41, 5.74) is 7.51. The van der Waals surface area contributed by atoms with Crippen molar-refractivity contribution in [3.63, 3.8) is 0 Å². The minimum Gasteiger partial charge on any atom is -0.384 e. The van der Waals surface area contributed by atoms with E-state index in [9.17, 15) is 4.39 Å². The highest BCUT2D eigenvalue weighted by atomic mass is 19.1. The standard InChI is InChI=1S/C14H17FN4/c1-9-4-10(5-9)8-19-14(16)6-12(18-19)11-2-3-13(15)17-7-11/h2-3,6-7,9-10H,4-5,8,16H2,1H3. The van der Waals surface area contributed by atoms with E-state index in [4.69, 9.17) is 5.73 Å². The molecule has 0 unspecified atom stereocenters. The number of halogens is 1. The molecule has 5 heteroatoms. The van der Waals surface area contributed by atoms with E-state index in [0.29, 0.717) is 11.7 Å². The predicted octanol–water partition coefficient (Wildman–Crippen LogP) is 2.71. The van der Waals surface area contributed by atoms with Gasteiger partial charge in [0.2, 0.25) is 5.95 Å². The van der Waals surface area contributed by atoms with Crippen molar-refractivity contribution in [2.24, 2.45) is 11.8 Å². The number of hydrogen-bond acceptors (Lipinski definition) is 3. The zero-order valence-corrected chi connectivity index (χ0v) is 10.9. The lowest BCUT2D eigenvalue weighted by molar-refractivity contribution is 0.183. The molecule has 2 N–H and O–H groups in total. The fourth-order valence-corrected chi connectivity index (χ4v) is 2.71. The highest BCUT2D eigenvalue weighted by molar-refractivity contribution is 5.61. The van der Waals surface area contributed by atoms with Crippen molar-refractivity contribution in [1.29, 1.82) is 0 Å². The van der Waals surface area contributed by atoms with Gasteiger partial charge in [0.15, 0.2) is 0 Å². The van der Waals surface area contributed by atoms with Crippen molar-refractivity contribution in [2.75, 3.05) is 5.73 Å². The maximum absolute atomic E-state index is 12.8. The van der Waals surface area contributed by atoms with Crippen molar-refractivity contribution in [3.05, 3.63) is 30.3 Å². The largest absolute Gasteiger partial charge is 0.384 e. The number of aromatic nitrogens is 3. The van der Waals surface area contributed by atoms with E-state index < -0.39 is 5.95 Å². The molecule has 1 saturated carbocycles. The van der Waals surface area contributed by atoms with Crippen LogP contribution in [0.25, 0.3) is 11.3 Å². The molecule has 3 rings (SSSR count). The lowest BCUT2D eigenvalue weighted by atomic mass is 9.76. The summed E-state index contributed by atoms with van der Waals surface area (Å²) in [6.45, 7) is 3.13. The fourth-order valence-electron chi connectivity index (χ4n) is 2.71. The Morgan fingerprint density at radius 3 is 2.84 bits per heavy atom. The Hall–Kier alpha value is -1.91. The average molecular weight is 260 g/mol. The second-order valence-corrected chi connectivity index (χ2v) is 5.45. The lowest BCUT2D eigenvalue weighted by Crippen LogP contribution is -2.26. The number of nitrogens with zero attached hydrogens (tertiary/aromatic N) is 3. The molecule has 1 fully saturated rings. The molecule has 2 aromatic heterocycles. The van der Waals surface area contributed by atoms with Crippen LogP contribution in [0.4, 0.5) is 10.2 Å². The zero-order valence-electron chi connectivity index (χ0n) is 10.9. The van der Waals surface area contributed by atoms with Gasteiger partial charge < -0.3 is 5.73 Å². The van der Waals surface area contributed by atoms with Crippen LogP contribution in [0, 0.1) is 17.8 Å². The molecule has 0 bridgehead atoms. The summed E-state index contributed by atoms with van der Waals surface area (Å²) < 4.78 is 14.6. The Bertz CT molecular complexity index is 570. The van der Waals surface area contributed by atoms with E-state index >= 15 is 0 Å². The summed E-state index contributed by atoms with van der Waals surface area (Å²) in [6.07, 6.45) is 3.96. The van der Waals surface area contributed by atoms with Gasteiger partial charge in [-0.1, -0.05) is 6.92 Å². The Kier molecular flexibility index (Phi) is 2.97. The maximum atomic E-state index is 12.8. The normalized spacial score (nSPS) is 22.2. The Morgan fingerprint density at radius 1 is 1.42 bits per heavy atom. The van der Waals surface area contributed by atoms with Gasteiger partial charge in [-0.15, -0.1) is 0 Å².